The molecule has 1 saturated carbocycles. The topological polar surface area (TPSA) is 30.5 Å². The molecule has 0 spiro atoms. The molecular formula is C14H21NO2. The standard InChI is InChI=1S/C14H21NO2/c1-10-6-12(7-10)15-9-11-8-13(16-2)4-5-14(11)17-3/h4-5,8,10,12,15H,6-7,9H2,1-3H3. The maximum Gasteiger partial charge on any atom is 0.123 e. The minimum atomic E-state index is 0.668. The van der Waals surface area contributed by atoms with Crippen LogP contribution in [0.25, 0.3) is 0 Å². The molecule has 0 unspecified atom stereocenters. The van der Waals surface area contributed by atoms with Gasteiger partial charge in [0, 0.05) is 18.2 Å². The summed E-state index contributed by atoms with van der Waals surface area (Å²) in [6.07, 6.45) is 2.57. The Kier molecular flexibility index (Phi) is 3.89. The Bertz CT molecular complexity index is 372. The highest BCUT2D eigenvalue weighted by Crippen LogP contribution is 2.28. The van der Waals surface area contributed by atoms with Crippen molar-refractivity contribution in [3.63, 3.8) is 0 Å². The lowest BCUT2D eigenvalue weighted by Gasteiger charge is -2.33. The summed E-state index contributed by atoms with van der Waals surface area (Å²) in [6.45, 7) is 3.14. The summed E-state index contributed by atoms with van der Waals surface area (Å²) < 4.78 is 10.6. The molecule has 1 aliphatic carbocycles. The van der Waals surface area contributed by atoms with E-state index in [4.69, 9.17) is 9.47 Å². The second kappa shape index (κ2) is 5.41. The summed E-state index contributed by atoms with van der Waals surface area (Å²) >= 11 is 0. The number of benzene rings is 1. The van der Waals surface area contributed by atoms with Gasteiger partial charge in [0.2, 0.25) is 0 Å². The molecule has 1 N–H and O–H groups in total. The van der Waals surface area contributed by atoms with Gasteiger partial charge in [0.15, 0.2) is 0 Å². The van der Waals surface area contributed by atoms with Crippen molar-refractivity contribution >= 4 is 0 Å². The maximum atomic E-state index is 5.35. The minimum Gasteiger partial charge on any atom is -0.497 e. The van der Waals surface area contributed by atoms with Crippen molar-refractivity contribution in [1.29, 1.82) is 0 Å². The van der Waals surface area contributed by atoms with E-state index in [0.29, 0.717) is 6.04 Å². The summed E-state index contributed by atoms with van der Waals surface area (Å²) in [5, 5.41) is 3.56. The van der Waals surface area contributed by atoms with E-state index in [1.165, 1.54) is 12.8 Å². The molecule has 0 heterocycles. The van der Waals surface area contributed by atoms with E-state index >= 15 is 0 Å². The molecule has 1 aliphatic rings. The number of ether oxygens (including phenoxy) is 2. The SMILES string of the molecule is COc1ccc(OC)c(CNC2CC(C)C2)c1. The molecule has 0 saturated heterocycles. The smallest absolute Gasteiger partial charge is 0.123 e. The van der Waals surface area contributed by atoms with Crippen LogP contribution in [0.15, 0.2) is 18.2 Å². The summed E-state index contributed by atoms with van der Waals surface area (Å²) in [7, 11) is 3.39. The molecule has 0 aromatic heterocycles. The number of methoxy groups -OCH3 is 2. The summed E-state index contributed by atoms with van der Waals surface area (Å²) in [4.78, 5) is 0. The largest absolute Gasteiger partial charge is 0.497 e. The van der Waals surface area contributed by atoms with Crippen LogP contribution in [0, 0.1) is 5.92 Å². The Labute approximate surface area is 103 Å². The summed E-state index contributed by atoms with van der Waals surface area (Å²) in [5.41, 5.74) is 1.16. The minimum absolute atomic E-state index is 0.668. The third-order valence-corrected chi connectivity index (χ3v) is 3.44. The van der Waals surface area contributed by atoms with E-state index in [-0.39, 0.29) is 0 Å². The van der Waals surface area contributed by atoms with E-state index in [9.17, 15) is 0 Å². The number of hydrogen-bond donors (Lipinski definition) is 1. The van der Waals surface area contributed by atoms with Gasteiger partial charge in [-0.05, 0) is 37.0 Å². The zero-order chi connectivity index (χ0) is 12.3. The van der Waals surface area contributed by atoms with Crippen LogP contribution in [-0.2, 0) is 6.54 Å². The van der Waals surface area contributed by atoms with Gasteiger partial charge < -0.3 is 14.8 Å². The quantitative estimate of drug-likeness (QED) is 0.851. The molecule has 3 nitrogen and oxygen atoms in total. The van der Waals surface area contributed by atoms with Gasteiger partial charge in [-0.3, -0.25) is 0 Å². The van der Waals surface area contributed by atoms with Gasteiger partial charge in [0.05, 0.1) is 14.2 Å². The maximum absolute atomic E-state index is 5.35. The van der Waals surface area contributed by atoms with E-state index < -0.39 is 0 Å². The molecule has 1 aromatic rings. The Morgan fingerprint density at radius 2 is 2.00 bits per heavy atom. The molecule has 0 radical (unpaired) electrons. The highest BCUT2D eigenvalue weighted by atomic mass is 16.5. The average Bonchev–Trinajstić information content (AvgIpc) is 2.32. The van der Waals surface area contributed by atoms with Gasteiger partial charge in [0.1, 0.15) is 11.5 Å². The van der Waals surface area contributed by atoms with Gasteiger partial charge >= 0.3 is 0 Å². The lowest BCUT2D eigenvalue weighted by molar-refractivity contribution is 0.239. The number of hydrogen-bond acceptors (Lipinski definition) is 3. The fourth-order valence-electron chi connectivity index (χ4n) is 2.34. The van der Waals surface area contributed by atoms with Crippen LogP contribution in [0.2, 0.25) is 0 Å². The first-order chi connectivity index (χ1) is 8.22. The highest BCUT2D eigenvalue weighted by Gasteiger charge is 2.24. The van der Waals surface area contributed by atoms with Crippen LogP contribution >= 0.6 is 0 Å². The molecule has 1 fully saturated rings. The fourth-order valence-corrected chi connectivity index (χ4v) is 2.34. The molecule has 0 amide bonds. The van der Waals surface area contributed by atoms with Gasteiger partial charge in [0.25, 0.3) is 0 Å². The van der Waals surface area contributed by atoms with Crippen molar-refractivity contribution < 1.29 is 9.47 Å². The van der Waals surface area contributed by atoms with Crippen molar-refractivity contribution in [2.24, 2.45) is 5.92 Å². The van der Waals surface area contributed by atoms with E-state index in [1.807, 2.05) is 18.2 Å². The first-order valence-electron chi connectivity index (χ1n) is 6.17. The van der Waals surface area contributed by atoms with Gasteiger partial charge in [-0.1, -0.05) is 6.92 Å². The first-order valence-corrected chi connectivity index (χ1v) is 6.17. The zero-order valence-electron chi connectivity index (χ0n) is 10.8. The zero-order valence-corrected chi connectivity index (χ0v) is 10.8. The molecular weight excluding hydrogens is 214 g/mol. The van der Waals surface area contributed by atoms with Gasteiger partial charge in [-0.2, -0.15) is 0 Å². The third-order valence-electron chi connectivity index (χ3n) is 3.44. The van der Waals surface area contributed by atoms with Crippen molar-refractivity contribution in [3.05, 3.63) is 23.8 Å². The lowest BCUT2D eigenvalue weighted by atomic mass is 9.82. The van der Waals surface area contributed by atoms with Gasteiger partial charge in [-0.15, -0.1) is 0 Å². The molecule has 0 atom stereocenters. The normalized spacial score (nSPS) is 23.0. The summed E-state index contributed by atoms with van der Waals surface area (Å²) in [6, 6.07) is 6.59. The number of rotatable bonds is 5. The lowest BCUT2D eigenvalue weighted by Crippen LogP contribution is -2.39. The number of nitrogens with one attached hydrogen (secondary N) is 1. The average molecular weight is 235 g/mol. The van der Waals surface area contributed by atoms with E-state index in [1.54, 1.807) is 14.2 Å². The van der Waals surface area contributed by atoms with Crippen molar-refractivity contribution in [2.75, 3.05) is 14.2 Å². The molecule has 2 rings (SSSR count). The van der Waals surface area contributed by atoms with Crippen molar-refractivity contribution in [3.8, 4) is 11.5 Å². The van der Waals surface area contributed by atoms with Crippen LogP contribution in [0.4, 0.5) is 0 Å². The molecule has 1 aromatic carbocycles. The van der Waals surface area contributed by atoms with Crippen molar-refractivity contribution in [2.45, 2.75) is 32.4 Å². The fraction of sp³-hybridized carbons (Fsp3) is 0.571. The first kappa shape index (κ1) is 12.2. The van der Waals surface area contributed by atoms with Crippen LogP contribution in [-0.4, -0.2) is 20.3 Å². The van der Waals surface area contributed by atoms with Crippen LogP contribution in [0.1, 0.15) is 25.3 Å². The Balaban J connectivity index is 1.97. The molecule has 94 valence electrons. The Morgan fingerprint density at radius 3 is 2.59 bits per heavy atom. The molecule has 17 heavy (non-hydrogen) atoms. The highest BCUT2D eigenvalue weighted by molar-refractivity contribution is 5.40. The molecule has 0 aliphatic heterocycles. The van der Waals surface area contributed by atoms with E-state index in [2.05, 4.69) is 12.2 Å². The van der Waals surface area contributed by atoms with Crippen molar-refractivity contribution in [1.82, 2.24) is 5.32 Å². The Hall–Kier alpha value is -1.22. The van der Waals surface area contributed by atoms with Crippen LogP contribution in [0.5, 0.6) is 11.5 Å². The third kappa shape index (κ3) is 2.91. The second-order valence-corrected chi connectivity index (χ2v) is 4.83. The predicted octanol–water partition coefficient (Wildman–Crippen LogP) is 2.59. The molecule has 0 bridgehead atoms. The summed E-state index contributed by atoms with van der Waals surface area (Å²) in [5.74, 6) is 2.68. The van der Waals surface area contributed by atoms with Crippen LogP contribution in [0.3, 0.4) is 0 Å². The van der Waals surface area contributed by atoms with Gasteiger partial charge in [-0.25, -0.2) is 0 Å². The second-order valence-electron chi connectivity index (χ2n) is 4.83. The van der Waals surface area contributed by atoms with Crippen LogP contribution < -0.4 is 14.8 Å². The predicted molar refractivity (Wildman–Crippen MR) is 68.6 cm³/mol. The Morgan fingerprint density at radius 1 is 1.24 bits per heavy atom. The van der Waals surface area contributed by atoms with E-state index in [0.717, 1.165) is 29.5 Å². The molecule has 3 heteroatoms. The monoisotopic (exact) mass is 235 g/mol.